The van der Waals surface area contributed by atoms with E-state index < -0.39 is 0 Å². The van der Waals surface area contributed by atoms with E-state index in [1.165, 1.54) is 31.2 Å². The summed E-state index contributed by atoms with van der Waals surface area (Å²) >= 11 is 0. The molecule has 0 radical (unpaired) electrons. The third-order valence-electron chi connectivity index (χ3n) is 4.46. The van der Waals surface area contributed by atoms with Crippen LogP contribution in [0.1, 0.15) is 57.9 Å². The van der Waals surface area contributed by atoms with Gasteiger partial charge in [0.05, 0.1) is 0 Å². The molecule has 1 aliphatic carbocycles. The fourth-order valence-corrected chi connectivity index (χ4v) is 3.30. The minimum atomic E-state index is -0.136. The summed E-state index contributed by atoms with van der Waals surface area (Å²) in [6, 6.07) is 7.72. The smallest absolute Gasteiger partial charge is 0.123 e. The molecule has 1 aliphatic rings. The predicted octanol–water partition coefficient (Wildman–Crippen LogP) is 5.08. The van der Waals surface area contributed by atoms with Crippen LogP contribution in [-0.4, -0.2) is 25.0 Å². The van der Waals surface area contributed by atoms with E-state index in [1.807, 2.05) is 26.0 Å². The average Bonchev–Trinajstić information content (AvgIpc) is 2.49. The van der Waals surface area contributed by atoms with Crippen molar-refractivity contribution in [1.29, 1.82) is 0 Å². The second kappa shape index (κ2) is 8.41. The predicted molar refractivity (Wildman–Crippen MR) is 85.6 cm³/mol. The highest BCUT2D eigenvalue weighted by molar-refractivity contribution is 5.23. The lowest BCUT2D eigenvalue weighted by Gasteiger charge is -2.40. The Hall–Kier alpha value is -0.890. The first-order valence-corrected chi connectivity index (χ1v) is 8.03. The summed E-state index contributed by atoms with van der Waals surface area (Å²) in [5.74, 6) is 1.25. The quantitative estimate of drug-likeness (QED) is 0.746. The largest absolute Gasteiger partial charge is 0.306 e. The van der Waals surface area contributed by atoms with Crippen LogP contribution in [0.15, 0.2) is 24.3 Å². The Kier molecular flexibility index (Phi) is 7.22. The fourth-order valence-electron chi connectivity index (χ4n) is 3.30. The van der Waals surface area contributed by atoms with Gasteiger partial charge in [-0.3, -0.25) is 0 Å². The van der Waals surface area contributed by atoms with Gasteiger partial charge in [-0.2, -0.15) is 0 Å². The first-order valence-electron chi connectivity index (χ1n) is 8.03. The molecule has 0 N–H and O–H groups in total. The van der Waals surface area contributed by atoms with Crippen LogP contribution in [0.25, 0.3) is 0 Å². The first-order chi connectivity index (χ1) is 9.61. The molecule has 1 nitrogen and oxygen atoms in total. The second-order valence-corrected chi connectivity index (χ2v) is 5.78. The molecule has 0 heterocycles. The van der Waals surface area contributed by atoms with Gasteiger partial charge >= 0.3 is 0 Å². The van der Waals surface area contributed by atoms with E-state index >= 15 is 0 Å². The summed E-state index contributed by atoms with van der Waals surface area (Å²) in [5.41, 5.74) is 1.30. The molecule has 1 aromatic carbocycles. The zero-order chi connectivity index (χ0) is 15.1. The number of halogens is 1. The third kappa shape index (κ3) is 4.31. The Morgan fingerprint density at radius 2 is 1.70 bits per heavy atom. The number of nitrogens with zero attached hydrogens (tertiary/aromatic N) is 1. The van der Waals surface area contributed by atoms with Gasteiger partial charge in [-0.25, -0.2) is 4.39 Å². The van der Waals surface area contributed by atoms with Gasteiger partial charge in [-0.1, -0.05) is 39.3 Å². The fraction of sp³-hybridized carbons (Fsp3) is 0.667. The monoisotopic (exact) mass is 279 g/mol. The number of benzene rings is 1. The van der Waals surface area contributed by atoms with Gasteiger partial charge in [0.25, 0.3) is 0 Å². The standard InChI is InChI=1S/C16H24FN.C2H6/c1-4-12-5-10-16(18(2)3)15(11-12)13-6-8-14(17)9-7-13;1-2/h6-9,12,15-16H,4-5,10-11H2,1-3H3;1-2H3. The molecule has 3 unspecified atom stereocenters. The molecule has 0 aromatic heterocycles. The molecular formula is C18H30FN. The molecule has 0 bridgehead atoms. The molecule has 114 valence electrons. The van der Waals surface area contributed by atoms with Gasteiger partial charge in [0.15, 0.2) is 0 Å². The van der Waals surface area contributed by atoms with Crippen molar-refractivity contribution in [1.82, 2.24) is 4.90 Å². The van der Waals surface area contributed by atoms with E-state index in [0.29, 0.717) is 12.0 Å². The molecule has 0 amide bonds. The Balaban J connectivity index is 0.000000956. The van der Waals surface area contributed by atoms with E-state index in [-0.39, 0.29) is 5.82 Å². The minimum absolute atomic E-state index is 0.136. The van der Waals surface area contributed by atoms with E-state index in [0.717, 1.165) is 5.92 Å². The summed E-state index contributed by atoms with van der Waals surface area (Å²) in [6.07, 6.45) is 5.09. The maximum Gasteiger partial charge on any atom is 0.123 e. The van der Waals surface area contributed by atoms with Gasteiger partial charge in [0, 0.05) is 6.04 Å². The van der Waals surface area contributed by atoms with Crippen molar-refractivity contribution in [3.05, 3.63) is 35.6 Å². The van der Waals surface area contributed by atoms with Crippen molar-refractivity contribution >= 4 is 0 Å². The zero-order valence-electron chi connectivity index (χ0n) is 13.7. The molecule has 0 aliphatic heterocycles. The van der Waals surface area contributed by atoms with E-state index in [9.17, 15) is 4.39 Å². The van der Waals surface area contributed by atoms with Crippen LogP contribution in [0, 0.1) is 11.7 Å². The molecule has 20 heavy (non-hydrogen) atoms. The topological polar surface area (TPSA) is 3.24 Å². The molecule has 1 aromatic rings. The lowest BCUT2D eigenvalue weighted by molar-refractivity contribution is 0.162. The van der Waals surface area contributed by atoms with E-state index in [1.54, 1.807) is 12.1 Å². The van der Waals surface area contributed by atoms with Crippen molar-refractivity contribution in [2.45, 2.75) is 58.4 Å². The van der Waals surface area contributed by atoms with Crippen LogP contribution < -0.4 is 0 Å². The minimum Gasteiger partial charge on any atom is -0.306 e. The molecule has 3 atom stereocenters. The first kappa shape index (κ1) is 17.2. The van der Waals surface area contributed by atoms with E-state index in [4.69, 9.17) is 0 Å². The molecule has 1 saturated carbocycles. The van der Waals surface area contributed by atoms with Crippen molar-refractivity contribution in [3.8, 4) is 0 Å². The summed E-state index contributed by atoms with van der Waals surface area (Å²) < 4.78 is 13.0. The summed E-state index contributed by atoms with van der Waals surface area (Å²) in [6.45, 7) is 6.28. The van der Waals surface area contributed by atoms with Gasteiger partial charge in [-0.15, -0.1) is 0 Å². The summed E-state index contributed by atoms with van der Waals surface area (Å²) in [7, 11) is 4.32. The van der Waals surface area contributed by atoms with Crippen molar-refractivity contribution in [2.75, 3.05) is 14.1 Å². The van der Waals surface area contributed by atoms with Gasteiger partial charge in [0.1, 0.15) is 5.82 Å². The zero-order valence-corrected chi connectivity index (χ0v) is 13.7. The molecule has 1 fully saturated rings. The van der Waals surface area contributed by atoms with Crippen LogP contribution >= 0.6 is 0 Å². The number of rotatable bonds is 3. The number of likely N-dealkylation sites (N-methyl/N-ethyl adjacent to an activating group) is 1. The van der Waals surface area contributed by atoms with Gasteiger partial charge in [-0.05, 0) is 62.9 Å². The lowest BCUT2D eigenvalue weighted by atomic mass is 9.73. The normalized spacial score (nSPS) is 26.1. The van der Waals surface area contributed by atoms with Crippen LogP contribution in [0.4, 0.5) is 4.39 Å². The molecule has 0 spiro atoms. The number of hydrogen-bond donors (Lipinski definition) is 0. The van der Waals surface area contributed by atoms with Crippen LogP contribution in [0.2, 0.25) is 0 Å². The van der Waals surface area contributed by atoms with Gasteiger partial charge in [0.2, 0.25) is 0 Å². The maximum absolute atomic E-state index is 13.0. The van der Waals surface area contributed by atoms with Gasteiger partial charge < -0.3 is 4.90 Å². The van der Waals surface area contributed by atoms with Crippen molar-refractivity contribution in [2.24, 2.45) is 5.92 Å². The van der Waals surface area contributed by atoms with Crippen LogP contribution in [0.5, 0.6) is 0 Å². The van der Waals surface area contributed by atoms with Crippen molar-refractivity contribution in [3.63, 3.8) is 0 Å². The van der Waals surface area contributed by atoms with Crippen molar-refractivity contribution < 1.29 is 4.39 Å². The third-order valence-corrected chi connectivity index (χ3v) is 4.46. The molecular weight excluding hydrogens is 249 g/mol. The summed E-state index contributed by atoms with van der Waals surface area (Å²) in [5, 5.41) is 0. The maximum atomic E-state index is 13.0. The average molecular weight is 279 g/mol. The molecule has 2 heteroatoms. The van der Waals surface area contributed by atoms with E-state index in [2.05, 4.69) is 25.9 Å². The number of hydrogen-bond acceptors (Lipinski definition) is 1. The highest BCUT2D eigenvalue weighted by Crippen LogP contribution is 2.39. The Bertz CT molecular complexity index is 372. The van der Waals surface area contributed by atoms with Crippen LogP contribution in [-0.2, 0) is 0 Å². The highest BCUT2D eigenvalue weighted by Gasteiger charge is 2.31. The second-order valence-electron chi connectivity index (χ2n) is 5.78. The molecule has 0 saturated heterocycles. The Labute approximate surface area is 124 Å². The summed E-state index contributed by atoms with van der Waals surface area (Å²) in [4.78, 5) is 2.33. The lowest BCUT2D eigenvalue weighted by Crippen LogP contribution is -2.38. The Morgan fingerprint density at radius 1 is 1.10 bits per heavy atom. The Morgan fingerprint density at radius 3 is 2.20 bits per heavy atom. The molecule has 2 rings (SSSR count). The highest BCUT2D eigenvalue weighted by atomic mass is 19.1. The SMILES string of the molecule is CC.CCC1CCC(N(C)C)C(c2ccc(F)cc2)C1. The van der Waals surface area contributed by atoms with Crippen LogP contribution in [0.3, 0.4) is 0 Å².